The monoisotopic (exact) mass is 280 g/mol. The minimum absolute atomic E-state index is 0.213. The van der Waals surface area contributed by atoms with Gasteiger partial charge < -0.3 is 0 Å². The maximum Gasteiger partial charge on any atom is 0.296 e. The van der Waals surface area contributed by atoms with Crippen LogP contribution >= 0.6 is 0 Å². The number of rotatable bonds is 5. The average molecular weight is 280 g/mol. The first-order chi connectivity index (χ1) is 9.01. The number of allylic oxidation sites excluding steroid dienone is 1. The molecule has 2 unspecified atom stereocenters. The fraction of sp³-hybridized carbons (Fsp3) is 0.467. The normalized spacial score (nSPS) is 22.8. The Kier molecular flexibility index (Phi) is 4.42. The number of benzene rings is 1. The van der Waals surface area contributed by atoms with Gasteiger partial charge in [0.25, 0.3) is 10.1 Å². The Morgan fingerprint density at radius 2 is 1.79 bits per heavy atom. The first kappa shape index (κ1) is 14.3. The van der Waals surface area contributed by atoms with Crippen molar-refractivity contribution < 1.29 is 12.6 Å². The lowest BCUT2D eigenvalue weighted by atomic mass is 10.0. The van der Waals surface area contributed by atoms with E-state index in [0.29, 0.717) is 5.92 Å². The van der Waals surface area contributed by atoms with E-state index >= 15 is 0 Å². The van der Waals surface area contributed by atoms with E-state index in [2.05, 4.69) is 19.1 Å². The smallest absolute Gasteiger partial charge is 0.266 e. The molecule has 0 spiro atoms. The largest absolute Gasteiger partial charge is 0.296 e. The van der Waals surface area contributed by atoms with E-state index in [0.717, 1.165) is 18.4 Å². The van der Waals surface area contributed by atoms with E-state index < -0.39 is 10.1 Å². The summed E-state index contributed by atoms with van der Waals surface area (Å²) < 4.78 is 29.2. The Morgan fingerprint density at radius 1 is 1.16 bits per heavy atom. The van der Waals surface area contributed by atoms with Crippen LogP contribution in [-0.2, 0) is 14.3 Å². The van der Waals surface area contributed by atoms with Crippen LogP contribution in [0, 0.1) is 18.8 Å². The van der Waals surface area contributed by atoms with Gasteiger partial charge in [-0.2, -0.15) is 8.42 Å². The molecule has 4 heteroatoms. The molecule has 2 rings (SSSR count). The second-order valence-corrected chi connectivity index (χ2v) is 6.72. The molecule has 104 valence electrons. The molecule has 0 aliphatic heterocycles. The number of hydrogen-bond donors (Lipinski definition) is 0. The summed E-state index contributed by atoms with van der Waals surface area (Å²) in [6.07, 6.45) is 6.31. The maximum atomic E-state index is 12.0. The summed E-state index contributed by atoms with van der Waals surface area (Å²) in [5, 5.41) is 0. The van der Waals surface area contributed by atoms with Crippen LogP contribution in [0.25, 0.3) is 0 Å². The standard InChI is InChI=1S/C15H20O3S/c1-3-13-6-7-14(10-13)11-18-19(16,17)15-8-4-12(2)5-9-15/h4-9,13-14H,3,10-11H2,1-2H3. The molecule has 0 amide bonds. The number of aryl methyl sites for hydroxylation is 1. The lowest BCUT2D eigenvalue weighted by Gasteiger charge is -2.11. The van der Waals surface area contributed by atoms with Gasteiger partial charge in [-0.05, 0) is 37.8 Å². The zero-order valence-corrected chi connectivity index (χ0v) is 12.2. The molecule has 0 aromatic heterocycles. The Bertz CT molecular complexity index is 543. The predicted molar refractivity (Wildman–Crippen MR) is 75.3 cm³/mol. The average Bonchev–Trinajstić information content (AvgIpc) is 2.85. The Hall–Kier alpha value is -1.13. The van der Waals surface area contributed by atoms with Crippen LogP contribution in [0.1, 0.15) is 25.3 Å². The lowest BCUT2D eigenvalue weighted by molar-refractivity contribution is 0.269. The topological polar surface area (TPSA) is 43.4 Å². The van der Waals surface area contributed by atoms with Crippen LogP contribution in [0.5, 0.6) is 0 Å². The van der Waals surface area contributed by atoms with Gasteiger partial charge in [0.2, 0.25) is 0 Å². The molecule has 0 N–H and O–H groups in total. The van der Waals surface area contributed by atoms with Crippen LogP contribution in [0.2, 0.25) is 0 Å². The van der Waals surface area contributed by atoms with Crippen molar-refractivity contribution in [1.29, 1.82) is 0 Å². The molecule has 1 aliphatic carbocycles. The van der Waals surface area contributed by atoms with Crippen LogP contribution in [0.3, 0.4) is 0 Å². The third-order valence-electron chi connectivity index (χ3n) is 3.53. The van der Waals surface area contributed by atoms with Crippen molar-refractivity contribution in [3.8, 4) is 0 Å². The first-order valence-corrected chi connectivity index (χ1v) is 8.06. The molecule has 0 fully saturated rings. The quantitative estimate of drug-likeness (QED) is 0.614. The first-order valence-electron chi connectivity index (χ1n) is 6.65. The van der Waals surface area contributed by atoms with Gasteiger partial charge in [0.05, 0.1) is 11.5 Å². The van der Waals surface area contributed by atoms with Crippen molar-refractivity contribution >= 4 is 10.1 Å². The second-order valence-electron chi connectivity index (χ2n) is 5.10. The zero-order chi connectivity index (χ0) is 13.9. The van der Waals surface area contributed by atoms with Gasteiger partial charge in [-0.15, -0.1) is 0 Å². The highest BCUT2D eigenvalue weighted by Gasteiger charge is 2.21. The van der Waals surface area contributed by atoms with E-state index in [1.807, 2.05) is 6.92 Å². The summed E-state index contributed by atoms with van der Waals surface area (Å²) in [4.78, 5) is 0.229. The molecule has 0 radical (unpaired) electrons. The summed E-state index contributed by atoms with van der Waals surface area (Å²) in [7, 11) is -3.62. The van der Waals surface area contributed by atoms with Gasteiger partial charge >= 0.3 is 0 Å². The van der Waals surface area contributed by atoms with Crippen LogP contribution < -0.4 is 0 Å². The van der Waals surface area contributed by atoms with Crippen molar-refractivity contribution in [3.63, 3.8) is 0 Å². The van der Waals surface area contributed by atoms with Gasteiger partial charge in [0.1, 0.15) is 0 Å². The van der Waals surface area contributed by atoms with Crippen molar-refractivity contribution in [1.82, 2.24) is 0 Å². The van der Waals surface area contributed by atoms with E-state index in [1.165, 1.54) is 0 Å². The van der Waals surface area contributed by atoms with Gasteiger partial charge in [-0.1, -0.05) is 36.8 Å². The molecule has 3 nitrogen and oxygen atoms in total. The summed E-state index contributed by atoms with van der Waals surface area (Å²) >= 11 is 0. The van der Waals surface area contributed by atoms with E-state index in [-0.39, 0.29) is 17.4 Å². The SMILES string of the molecule is CCC1C=CC(COS(=O)(=O)c2ccc(C)cc2)C1. The fourth-order valence-electron chi connectivity index (χ4n) is 2.24. The van der Waals surface area contributed by atoms with E-state index in [9.17, 15) is 8.42 Å². The second kappa shape index (κ2) is 5.88. The van der Waals surface area contributed by atoms with Gasteiger partial charge in [0.15, 0.2) is 0 Å². The van der Waals surface area contributed by atoms with E-state index in [4.69, 9.17) is 4.18 Å². The minimum Gasteiger partial charge on any atom is -0.266 e. The Labute approximate surface area is 115 Å². The summed E-state index contributed by atoms with van der Waals surface area (Å²) in [6.45, 7) is 4.30. The molecule has 1 aliphatic rings. The molecule has 0 bridgehead atoms. The lowest BCUT2D eigenvalue weighted by Crippen LogP contribution is -2.13. The van der Waals surface area contributed by atoms with Crippen LogP contribution in [0.4, 0.5) is 0 Å². The van der Waals surface area contributed by atoms with E-state index in [1.54, 1.807) is 24.3 Å². The molecule has 19 heavy (non-hydrogen) atoms. The molecule has 1 aromatic rings. The maximum absolute atomic E-state index is 12.0. The van der Waals surface area contributed by atoms with Crippen molar-refractivity contribution in [3.05, 3.63) is 42.0 Å². The third kappa shape index (κ3) is 3.67. The molecular formula is C15H20O3S. The summed E-state index contributed by atoms with van der Waals surface area (Å²) in [5.41, 5.74) is 1.03. The molecule has 1 aromatic carbocycles. The molecule has 2 atom stereocenters. The Balaban J connectivity index is 1.95. The van der Waals surface area contributed by atoms with Crippen LogP contribution in [-0.4, -0.2) is 15.0 Å². The predicted octanol–water partition coefficient (Wildman–Crippen LogP) is 3.30. The molecule has 0 saturated carbocycles. The van der Waals surface area contributed by atoms with Crippen LogP contribution in [0.15, 0.2) is 41.3 Å². The van der Waals surface area contributed by atoms with Gasteiger partial charge in [-0.3, -0.25) is 4.18 Å². The van der Waals surface area contributed by atoms with Crippen molar-refractivity contribution in [2.75, 3.05) is 6.61 Å². The molecule has 0 saturated heterocycles. The number of hydrogen-bond acceptors (Lipinski definition) is 3. The summed E-state index contributed by atoms with van der Waals surface area (Å²) in [6, 6.07) is 6.73. The minimum atomic E-state index is -3.62. The fourth-order valence-corrected chi connectivity index (χ4v) is 3.20. The van der Waals surface area contributed by atoms with Crippen molar-refractivity contribution in [2.24, 2.45) is 11.8 Å². The third-order valence-corrected chi connectivity index (χ3v) is 4.83. The van der Waals surface area contributed by atoms with Gasteiger partial charge in [0, 0.05) is 5.92 Å². The highest BCUT2D eigenvalue weighted by atomic mass is 32.2. The highest BCUT2D eigenvalue weighted by molar-refractivity contribution is 7.86. The molecular weight excluding hydrogens is 260 g/mol. The zero-order valence-electron chi connectivity index (χ0n) is 11.4. The highest BCUT2D eigenvalue weighted by Crippen LogP contribution is 2.27. The van der Waals surface area contributed by atoms with Crippen molar-refractivity contribution in [2.45, 2.75) is 31.6 Å². The summed E-state index contributed by atoms with van der Waals surface area (Å²) in [5.74, 6) is 0.779. The molecule has 0 heterocycles. The Morgan fingerprint density at radius 3 is 2.37 bits per heavy atom. The van der Waals surface area contributed by atoms with Gasteiger partial charge in [-0.25, -0.2) is 0 Å².